The smallest absolute Gasteiger partial charge is 0.123 e. The zero-order valence-electron chi connectivity index (χ0n) is 9.88. The summed E-state index contributed by atoms with van der Waals surface area (Å²) < 4.78 is 5.54. The van der Waals surface area contributed by atoms with Crippen molar-refractivity contribution >= 4 is 0 Å². The molecule has 2 heteroatoms. The number of hydrogen-bond donors (Lipinski definition) is 1. The van der Waals surface area contributed by atoms with Crippen molar-refractivity contribution in [1.29, 1.82) is 0 Å². The SMILES string of the molecule is COc1cc2c(cc1[C@@H]1CCCN1)CCC2. The highest BCUT2D eigenvalue weighted by atomic mass is 16.5. The van der Waals surface area contributed by atoms with Crippen LogP contribution in [0.2, 0.25) is 0 Å². The first-order chi connectivity index (χ1) is 7.88. The monoisotopic (exact) mass is 217 g/mol. The zero-order valence-corrected chi connectivity index (χ0v) is 9.88. The van der Waals surface area contributed by atoms with Crippen LogP contribution in [0.4, 0.5) is 0 Å². The van der Waals surface area contributed by atoms with E-state index in [0.29, 0.717) is 6.04 Å². The molecule has 1 aliphatic carbocycles. The number of aryl methyl sites for hydroxylation is 2. The highest BCUT2D eigenvalue weighted by molar-refractivity contribution is 5.46. The van der Waals surface area contributed by atoms with Crippen LogP contribution in [0.1, 0.15) is 42.0 Å². The molecule has 1 fully saturated rings. The highest BCUT2D eigenvalue weighted by Gasteiger charge is 2.22. The van der Waals surface area contributed by atoms with Crippen molar-refractivity contribution in [2.75, 3.05) is 13.7 Å². The summed E-state index contributed by atoms with van der Waals surface area (Å²) in [6.07, 6.45) is 6.31. The molecule has 1 saturated heterocycles. The quantitative estimate of drug-likeness (QED) is 0.822. The number of benzene rings is 1. The third kappa shape index (κ3) is 1.61. The molecular weight excluding hydrogens is 198 g/mol. The minimum Gasteiger partial charge on any atom is -0.496 e. The molecular formula is C14H19NO. The Morgan fingerprint density at radius 1 is 1.19 bits per heavy atom. The summed E-state index contributed by atoms with van der Waals surface area (Å²) in [5.74, 6) is 1.08. The molecule has 0 spiro atoms. The van der Waals surface area contributed by atoms with E-state index in [1.165, 1.54) is 43.2 Å². The van der Waals surface area contributed by atoms with Gasteiger partial charge in [-0.1, -0.05) is 6.07 Å². The Kier molecular flexibility index (Phi) is 2.60. The van der Waals surface area contributed by atoms with Crippen LogP contribution in [0.3, 0.4) is 0 Å². The van der Waals surface area contributed by atoms with Crippen molar-refractivity contribution in [3.8, 4) is 5.75 Å². The fraction of sp³-hybridized carbons (Fsp3) is 0.571. The van der Waals surface area contributed by atoms with Crippen LogP contribution in [0, 0.1) is 0 Å². The predicted octanol–water partition coefficient (Wildman–Crippen LogP) is 2.61. The minimum absolute atomic E-state index is 0.515. The number of fused-ring (bicyclic) bond motifs is 1. The lowest BCUT2D eigenvalue weighted by Crippen LogP contribution is -2.14. The molecule has 0 saturated carbocycles. The summed E-state index contributed by atoms with van der Waals surface area (Å²) in [5.41, 5.74) is 4.42. The third-order valence-electron chi connectivity index (χ3n) is 3.88. The summed E-state index contributed by atoms with van der Waals surface area (Å²) in [5, 5.41) is 3.56. The number of methoxy groups -OCH3 is 1. The van der Waals surface area contributed by atoms with Crippen LogP contribution < -0.4 is 10.1 Å². The minimum atomic E-state index is 0.515. The summed E-state index contributed by atoms with van der Waals surface area (Å²) in [6.45, 7) is 1.14. The third-order valence-corrected chi connectivity index (χ3v) is 3.88. The average Bonchev–Trinajstić information content (AvgIpc) is 2.97. The van der Waals surface area contributed by atoms with Crippen LogP contribution >= 0.6 is 0 Å². The van der Waals surface area contributed by atoms with E-state index in [-0.39, 0.29) is 0 Å². The Morgan fingerprint density at radius 2 is 2.00 bits per heavy atom. The van der Waals surface area contributed by atoms with Gasteiger partial charge < -0.3 is 10.1 Å². The van der Waals surface area contributed by atoms with Crippen LogP contribution in [-0.4, -0.2) is 13.7 Å². The fourth-order valence-electron chi connectivity index (χ4n) is 3.02. The summed E-state index contributed by atoms with van der Waals surface area (Å²) in [6, 6.07) is 5.16. The van der Waals surface area contributed by atoms with Gasteiger partial charge in [0.25, 0.3) is 0 Å². The first kappa shape index (κ1) is 10.2. The van der Waals surface area contributed by atoms with E-state index in [9.17, 15) is 0 Å². The highest BCUT2D eigenvalue weighted by Crippen LogP contribution is 2.36. The van der Waals surface area contributed by atoms with Gasteiger partial charge in [-0.2, -0.15) is 0 Å². The molecule has 0 bridgehead atoms. The van der Waals surface area contributed by atoms with Crippen LogP contribution in [-0.2, 0) is 12.8 Å². The second kappa shape index (κ2) is 4.10. The molecule has 2 aliphatic rings. The van der Waals surface area contributed by atoms with Gasteiger partial charge >= 0.3 is 0 Å². The first-order valence-electron chi connectivity index (χ1n) is 6.31. The van der Waals surface area contributed by atoms with Crippen molar-refractivity contribution < 1.29 is 4.74 Å². The Labute approximate surface area is 97.0 Å². The van der Waals surface area contributed by atoms with Crippen molar-refractivity contribution in [2.24, 2.45) is 0 Å². The van der Waals surface area contributed by atoms with Gasteiger partial charge in [-0.15, -0.1) is 0 Å². The van der Waals surface area contributed by atoms with Gasteiger partial charge in [0.2, 0.25) is 0 Å². The second-order valence-electron chi connectivity index (χ2n) is 4.87. The van der Waals surface area contributed by atoms with Crippen molar-refractivity contribution in [3.05, 3.63) is 28.8 Å². The van der Waals surface area contributed by atoms with Crippen molar-refractivity contribution in [3.63, 3.8) is 0 Å². The standard InChI is InChI=1S/C14H19NO/c1-16-14-9-11-5-2-4-10(11)8-12(14)13-6-3-7-15-13/h8-9,13,15H,2-7H2,1H3/t13-/m0/s1. The van der Waals surface area contributed by atoms with Crippen LogP contribution in [0.5, 0.6) is 5.75 Å². The van der Waals surface area contributed by atoms with E-state index < -0.39 is 0 Å². The Morgan fingerprint density at radius 3 is 2.69 bits per heavy atom. The van der Waals surface area contributed by atoms with Crippen LogP contribution in [0.25, 0.3) is 0 Å². The summed E-state index contributed by atoms with van der Waals surface area (Å²) in [7, 11) is 1.79. The maximum absolute atomic E-state index is 5.54. The van der Waals surface area contributed by atoms with Gasteiger partial charge in [0.1, 0.15) is 5.75 Å². The molecule has 0 aromatic heterocycles. The van der Waals surface area contributed by atoms with E-state index in [0.717, 1.165) is 12.3 Å². The molecule has 1 N–H and O–H groups in total. The molecule has 0 radical (unpaired) electrons. The molecule has 1 aromatic carbocycles. The van der Waals surface area contributed by atoms with Gasteiger partial charge in [0, 0.05) is 11.6 Å². The largest absolute Gasteiger partial charge is 0.496 e. The second-order valence-corrected chi connectivity index (χ2v) is 4.87. The maximum Gasteiger partial charge on any atom is 0.123 e. The Balaban J connectivity index is 2.01. The summed E-state index contributed by atoms with van der Waals surface area (Å²) in [4.78, 5) is 0. The number of hydrogen-bond acceptors (Lipinski definition) is 2. The molecule has 3 rings (SSSR count). The van der Waals surface area contributed by atoms with E-state index in [1.807, 2.05) is 0 Å². The first-order valence-corrected chi connectivity index (χ1v) is 6.31. The Hall–Kier alpha value is -1.02. The van der Waals surface area contributed by atoms with E-state index in [2.05, 4.69) is 17.4 Å². The number of rotatable bonds is 2. The van der Waals surface area contributed by atoms with Gasteiger partial charge in [0.15, 0.2) is 0 Å². The predicted molar refractivity (Wildman–Crippen MR) is 65.0 cm³/mol. The molecule has 1 atom stereocenters. The van der Waals surface area contributed by atoms with E-state index in [1.54, 1.807) is 12.7 Å². The summed E-state index contributed by atoms with van der Waals surface area (Å²) >= 11 is 0. The fourth-order valence-corrected chi connectivity index (χ4v) is 3.02. The van der Waals surface area contributed by atoms with Gasteiger partial charge in [0.05, 0.1) is 7.11 Å². The molecule has 86 valence electrons. The van der Waals surface area contributed by atoms with Crippen molar-refractivity contribution in [1.82, 2.24) is 5.32 Å². The zero-order chi connectivity index (χ0) is 11.0. The van der Waals surface area contributed by atoms with Gasteiger partial charge in [-0.05, 0) is 55.8 Å². The van der Waals surface area contributed by atoms with Gasteiger partial charge in [-0.3, -0.25) is 0 Å². The Bertz CT molecular complexity index is 394. The number of ether oxygens (including phenoxy) is 1. The molecule has 2 nitrogen and oxygen atoms in total. The lowest BCUT2D eigenvalue weighted by atomic mass is 9.99. The molecule has 1 aliphatic heterocycles. The van der Waals surface area contributed by atoms with Crippen molar-refractivity contribution in [2.45, 2.75) is 38.1 Å². The van der Waals surface area contributed by atoms with E-state index in [4.69, 9.17) is 4.74 Å². The lowest BCUT2D eigenvalue weighted by molar-refractivity contribution is 0.403. The van der Waals surface area contributed by atoms with Gasteiger partial charge in [-0.25, -0.2) is 0 Å². The maximum atomic E-state index is 5.54. The van der Waals surface area contributed by atoms with E-state index >= 15 is 0 Å². The number of nitrogens with one attached hydrogen (secondary N) is 1. The molecule has 0 amide bonds. The van der Waals surface area contributed by atoms with Crippen LogP contribution in [0.15, 0.2) is 12.1 Å². The average molecular weight is 217 g/mol. The normalized spacial score (nSPS) is 23.4. The lowest BCUT2D eigenvalue weighted by Gasteiger charge is -2.17. The molecule has 16 heavy (non-hydrogen) atoms. The molecule has 1 aromatic rings. The topological polar surface area (TPSA) is 21.3 Å². The molecule has 0 unspecified atom stereocenters. The molecule has 1 heterocycles.